The predicted octanol–water partition coefficient (Wildman–Crippen LogP) is 2.22. The summed E-state index contributed by atoms with van der Waals surface area (Å²) >= 11 is 0. The molecule has 0 spiro atoms. The number of carbonyl (C=O) groups excluding carboxylic acids is 3. The standard InChI is InChI=1S/C22H19N3O4/c26-19(23-13-15-12-14-6-1-4-9-18(14)24-20(15)27)10-5-11-25-21(28)16-7-2-3-8-17(16)22(25)29/h1-4,6-9,12H,5,10-11,13H2,(H,23,26)(H,24,27). The van der Waals surface area contributed by atoms with Crippen LogP contribution in [0.3, 0.4) is 0 Å². The molecule has 4 rings (SSSR count). The molecule has 1 aromatic heterocycles. The fourth-order valence-electron chi connectivity index (χ4n) is 3.45. The molecule has 146 valence electrons. The minimum atomic E-state index is -0.325. The first kappa shape index (κ1) is 18.6. The summed E-state index contributed by atoms with van der Waals surface area (Å²) in [6, 6.07) is 15.9. The van der Waals surface area contributed by atoms with E-state index in [-0.39, 0.29) is 42.8 Å². The monoisotopic (exact) mass is 389 g/mol. The molecule has 7 nitrogen and oxygen atoms in total. The Labute approximate surface area is 166 Å². The minimum Gasteiger partial charge on any atom is -0.352 e. The smallest absolute Gasteiger partial charge is 0.261 e. The number of para-hydroxylation sites is 1. The van der Waals surface area contributed by atoms with Gasteiger partial charge in [-0.2, -0.15) is 0 Å². The molecule has 0 unspecified atom stereocenters. The van der Waals surface area contributed by atoms with Crippen molar-refractivity contribution < 1.29 is 14.4 Å². The predicted molar refractivity (Wildman–Crippen MR) is 107 cm³/mol. The molecule has 2 aromatic carbocycles. The zero-order chi connectivity index (χ0) is 20.4. The Hall–Kier alpha value is -3.74. The number of imide groups is 1. The van der Waals surface area contributed by atoms with E-state index in [9.17, 15) is 19.2 Å². The molecule has 0 saturated heterocycles. The number of fused-ring (bicyclic) bond motifs is 2. The van der Waals surface area contributed by atoms with Crippen molar-refractivity contribution in [3.63, 3.8) is 0 Å². The van der Waals surface area contributed by atoms with Crippen molar-refractivity contribution in [2.75, 3.05) is 6.54 Å². The van der Waals surface area contributed by atoms with Gasteiger partial charge in [0.2, 0.25) is 5.91 Å². The molecule has 2 heterocycles. The van der Waals surface area contributed by atoms with E-state index in [1.165, 1.54) is 4.90 Å². The Morgan fingerprint density at radius 1 is 0.931 bits per heavy atom. The number of rotatable bonds is 6. The third-order valence-electron chi connectivity index (χ3n) is 4.97. The fraction of sp³-hybridized carbons (Fsp3) is 0.182. The summed E-state index contributed by atoms with van der Waals surface area (Å²) in [5, 5.41) is 3.61. The van der Waals surface area contributed by atoms with Crippen LogP contribution >= 0.6 is 0 Å². The van der Waals surface area contributed by atoms with Gasteiger partial charge in [-0.15, -0.1) is 0 Å². The maximum absolute atomic E-state index is 12.3. The third kappa shape index (κ3) is 3.67. The average molecular weight is 389 g/mol. The fourth-order valence-corrected chi connectivity index (χ4v) is 3.45. The normalized spacial score (nSPS) is 13.0. The molecule has 0 saturated carbocycles. The van der Waals surface area contributed by atoms with Crippen LogP contribution in [0.2, 0.25) is 0 Å². The molecule has 2 N–H and O–H groups in total. The van der Waals surface area contributed by atoms with E-state index in [0.29, 0.717) is 23.1 Å². The van der Waals surface area contributed by atoms with Crippen LogP contribution in [0.15, 0.2) is 59.4 Å². The van der Waals surface area contributed by atoms with Crippen LogP contribution in [0.4, 0.5) is 0 Å². The van der Waals surface area contributed by atoms with Crippen LogP contribution in [0, 0.1) is 0 Å². The number of nitrogens with one attached hydrogen (secondary N) is 2. The zero-order valence-corrected chi connectivity index (χ0v) is 15.6. The van der Waals surface area contributed by atoms with E-state index in [1.807, 2.05) is 24.3 Å². The van der Waals surface area contributed by atoms with Crippen LogP contribution in [-0.2, 0) is 11.3 Å². The van der Waals surface area contributed by atoms with Crippen molar-refractivity contribution >= 4 is 28.6 Å². The van der Waals surface area contributed by atoms with E-state index < -0.39 is 0 Å². The lowest BCUT2D eigenvalue weighted by Crippen LogP contribution is -2.32. The molecule has 7 heteroatoms. The lowest BCUT2D eigenvalue weighted by atomic mass is 10.1. The van der Waals surface area contributed by atoms with Gasteiger partial charge in [0.05, 0.1) is 11.1 Å². The molecular formula is C22H19N3O4. The van der Waals surface area contributed by atoms with E-state index in [4.69, 9.17) is 0 Å². The van der Waals surface area contributed by atoms with Gasteiger partial charge in [0, 0.05) is 30.6 Å². The van der Waals surface area contributed by atoms with Gasteiger partial charge in [-0.05, 0) is 36.1 Å². The maximum atomic E-state index is 12.3. The molecule has 3 aromatic rings. The maximum Gasteiger partial charge on any atom is 0.261 e. The van der Waals surface area contributed by atoms with Crippen LogP contribution in [0.5, 0.6) is 0 Å². The Bertz CT molecular complexity index is 1150. The summed E-state index contributed by atoms with van der Waals surface area (Å²) in [6.45, 7) is 0.294. The molecule has 29 heavy (non-hydrogen) atoms. The van der Waals surface area contributed by atoms with Gasteiger partial charge >= 0.3 is 0 Å². The topological polar surface area (TPSA) is 99.3 Å². The number of carbonyl (C=O) groups is 3. The van der Waals surface area contributed by atoms with Gasteiger partial charge in [0.25, 0.3) is 17.4 Å². The first-order chi connectivity index (χ1) is 14.0. The quantitative estimate of drug-likeness (QED) is 0.632. The van der Waals surface area contributed by atoms with Gasteiger partial charge in [0.15, 0.2) is 0 Å². The first-order valence-electron chi connectivity index (χ1n) is 9.37. The number of pyridine rings is 1. The number of aromatic amines is 1. The highest BCUT2D eigenvalue weighted by molar-refractivity contribution is 6.21. The lowest BCUT2D eigenvalue weighted by molar-refractivity contribution is -0.121. The van der Waals surface area contributed by atoms with Gasteiger partial charge in [-0.25, -0.2) is 0 Å². The Balaban J connectivity index is 1.30. The Morgan fingerprint density at radius 2 is 1.59 bits per heavy atom. The van der Waals surface area contributed by atoms with Crippen LogP contribution < -0.4 is 10.9 Å². The van der Waals surface area contributed by atoms with Gasteiger partial charge in [0.1, 0.15) is 0 Å². The second-order valence-electron chi connectivity index (χ2n) is 6.90. The van der Waals surface area contributed by atoms with E-state index in [2.05, 4.69) is 10.3 Å². The molecular weight excluding hydrogens is 370 g/mol. The van der Waals surface area contributed by atoms with Crippen molar-refractivity contribution in [3.05, 3.63) is 81.6 Å². The number of amides is 3. The highest BCUT2D eigenvalue weighted by Gasteiger charge is 2.34. The lowest BCUT2D eigenvalue weighted by Gasteiger charge is -2.13. The van der Waals surface area contributed by atoms with Crippen molar-refractivity contribution in [1.29, 1.82) is 0 Å². The highest BCUT2D eigenvalue weighted by atomic mass is 16.2. The number of nitrogens with zero attached hydrogens (tertiary/aromatic N) is 1. The largest absolute Gasteiger partial charge is 0.352 e. The van der Waals surface area contributed by atoms with Crippen LogP contribution in [0.25, 0.3) is 10.9 Å². The third-order valence-corrected chi connectivity index (χ3v) is 4.97. The zero-order valence-electron chi connectivity index (χ0n) is 15.6. The Morgan fingerprint density at radius 3 is 2.31 bits per heavy atom. The summed E-state index contributed by atoms with van der Waals surface area (Å²) in [4.78, 5) is 52.8. The molecule has 0 atom stereocenters. The molecule has 3 amide bonds. The molecule has 0 fully saturated rings. The summed E-state index contributed by atoms with van der Waals surface area (Å²) in [6.07, 6.45) is 0.504. The molecule has 0 aliphatic carbocycles. The number of benzene rings is 2. The van der Waals surface area contributed by atoms with Crippen molar-refractivity contribution in [2.24, 2.45) is 0 Å². The van der Waals surface area contributed by atoms with Crippen LogP contribution in [-0.4, -0.2) is 34.2 Å². The summed E-state index contributed by atoms with van der Waals surface area (Å²) in [7, 11) is 0. The van der Waals surface area contributed by atoms with Gasteiger partial charge < -0.3 is 10.3 Å². The van der Waals surface area contributed by atoms with Crippen LogP contribution in [0.1, 0.15) is 39.1 Å². The molecule has 1 aliphatic rings. The number of H-pyrrole nitrogens is 1. The average Bonchev–Trinajstić information content (AvgIpc) is 2.97. The minimum absolute atomic E-state index is 0.117. The highest BCUT2D eigenvalue weighted by Crippen LogP contribution is 2.22. The van der Waals surface area contributed by atoms with Crippen molar-refractivity contribution in [3.8, 4) is 0 Å². The van der Waals surface area contributed by atoms with Crippen molar-refractivity contribution in [1.82, 2.24) is 15.2 Å². The van der Waals surface area contributed by atoms with Gasteiger partial charge in [-0.1, -0.05) is 30.3 Å². The van der Waals surface area contributed by atoms with Gasteiger partial charge in [-0.3, -0.25) is 24.1 Å². The summed E-state index contributed by atoms with van der Waals surface area (Å²) < 4.78 is 0. The van der Waals surface area contributed by atoms with E-state index >= 15 is 0 Å². The van der Waals surface area contributed by atoms with E-state index in [1.54, 1.807) is 30.3 Å². The second kappa shape index (κ2) is 7.71. The number of hydrogen-bond acceptors (Lipinski definition) is 4. The molecule has 1 aliphatic heterocycles. The summed E-state index contributed by atoms with van der Waals surface area (Å²) in [5.41, 5.74) is 1.77. The Kier molecular flexibility index (Phi) is 4.95. The number of hydrogen-bond donors (Lipinski definition) is 2. The number of aromatic nitrogens is 1. The van der Waals surface area contributed by atoms with Crippen molar-refractivity contribution in [2.45, 2.75) is 19.4 Å². The first-order valence-corrected chi connectivity index (χ1v) is 9.37. The second-order valence-corrected chi connectivity index (χ2v) is 6.90. The summed E-state index contributed by atoms with van der Waals surface area (Å²) in [5.74, 6) is -0.892. The molecule has 0 radical (unpaired) electrons. The van der Waals surface area contributed by atoms with E-state index in [0.717, 1.165) is 10.9 Å². The SMILES string of the molecule is O=C(CCCN1C(=O)c2ccccc2C1=O)NCc1cc2ccccc2[nH]c1=O. The molecule has 0 bridgehead atoms.